The first-order valence-electron chi connectivity index (χ1n) is 15.0. The number of esters is 3. The van der Waals surface area contributed by atoms with Crippen LogP contribution in [-0.2, 0) is 38.1 Å². The number of fused-ring (bicyclic) bond motifs is 5. The Balaban J connectivity index is 1.48. The molecule has 0 amide bonds. The standard InChI is InChI=1S/C32H42O9/c1-8-16(2)28(36)40-26-23-24(35)31(6,19(29(26,3)4)13-21(33)37-7)18-9-11-30(5)20(32(18)27(23)41-32)14-22(34)39-25(30)17-10-12-38-15-17/h10,12,15-16,18-20,23,25-27H,8-9,11,13-14H2,1-7H3/t16-,18-,19+,20+,23+,25+,26-,27-,30-,31+,32-/m1/s1. The highest BCUT2D eigenvalue weighted by Crippen LogP contribution is 2.77. The number of methoxy groups -OCH3 is 1. The van der Waals surface area contributed by atoms with Crippen molar-refractivity contribution < 1.29 is 42.5 Å². The Morgan fingerprint density at radius 3 is 2.51 bits per heavy atom. The van der Waals surface area contributed by atoms with E-state index in [1.165, 1.54) is 7.11 Å². The van der Waals surface area contributed by atoms with Crippen LogP contribution < -0.4 is 0 Å². The average Bonchev–Trinajstić information content (AvgIpc) is 3.39. The van der Waals surface area contributed by atoms with Crippen LogP contribution in [0.3, 0.4) is 0 Å². The number of cyclic esters (lactones) is 1. The molecule has 2 bridgehead atoms. The molecule has 6 rings (SSSR count). The number of epoxide rings is 1. The Labute approximate surface area is 241 Å². The van der Waals surface area contributed by atoms with E-state index in [0.717, 1.165) is 5.56 Å². The molecule has 0 N–H and O–H groups in total. The lowest BCUT2D eigenvalue weighted by atomic mass is 9.37. The summed E-state index contributed by atoms with van der Waals surface area (Å²) in [6.07, 6.45) is 3.64. The minimum absolute atomic E-state index is 0.0100. The Hall–Kier alpha value is -2.68. The van der Waals surface area contributed by atoms with Gasteiger partial charge < -0.3 is 23.4 Å². The summed E-state index contributed by atoms with van der Waals surface area (Å²) < 4.78 is 29.5. The molecule has 3 saturated carbocycles. The molecule has 2 saturated heterocycles. The Morgan fingerprint density at radius 1 is 1.15 bits per heavy atom. The number of ether oxygens (including phenoxy) is 4. The van der Waals surface area contributed by atoms with E-state index in [1.807, 2.05) is 40.7 Å². The van der Waals surface area contributed by atoms with Gasteiger partial charge in [-0.25, -0.2) is 0 Å². The van der Waals surface area contributed by atoms with Crippen LogP contribution in [0, 0.1) is 45.8 Å². The Kier molecular flexibility index (Phi) is 6.35. The number of carbonyl (C=O) groups excluding carboxylic acids is 4. The molecule has 41 heavy (non-hydrogen) atoms. The van der Waals surface area contributed by atoms with E-state index in [2.05, 4.69) is 6.92 Å². The minimum Gasteiger partial charge on any atom is -0.472 e. The van der Waals surface area contributed by atoms with Crippen LogP contribution >= 0.6 is 0 Å². The van der Waals surface area contributed by atoms with Crippen molar-refractivity contribution in [2.24, 2.45) is 45.8 Å². The fraction of sp³-hybridized carbons (Fsp3) is 0.750. The van der Waals surface area contributed by atoms with Gasteiger partial charge in [0.2, 0.25) is 0 Å². The van der Waals surface area contributed by atoms with Gasteiger partial charge >= 0.3 is 17.9 Å². The van der Waals surface area contributed by atoms with Gasteiger partial charge in [-0.3, -0.25) is 19.2 Å². The van der Waals surface area contributed by atoms with Crippen molar-refractivity contribution in [3.63, 3.8) is 0 Å². The van der Waals surface area contributed by atoms with Crippen molar-refractivity contribution in [3.8, 4) is 0 Å². The van der Waals surface area contributed by atoms with Crippen LogP contribution in [0.4, 0.5) is 0 Å². The van der Waals surface area contributed by atoms with Crippen molar-refractivity contribution in [3.05, 3.63) is 24.2 Å². The van der Waals surface area contributed by atoms with E-state index in [1.54, 1.807) is 12.5 Å². The SMILES string of the molecule is CC[C@@H](C)C(=O)O[C@@H]1[C@@H]2C(=O)[C@@](C)([C@H]3CC[C@@]4(C)[C@H](c5ccoc5)OC(=O)C[C@@H]4[C@]34O[C@H]24)[C@@H](CC(=O)OC)C1(C)C. The predicted molar refractivity (Wildman–Crippen MR) is 144 cm³/mol. The monoisotopic (exact) mass is 570 g/mol. The zero-order valence-corrected chi connectivity index (χ0v) is 25.1. The maximum Gasteiger partial charge on any atom is 0.308 e. The second kappa shape index (κ2) is 9.16. The number of rotatable bonds is 6. The van der Waals surface area contributed by atoms with E-state index in [-0.39, 0.29) is 48.3 Å². The van der Waals surface area contributed by atoms with Crippen LogP contribution in [-0.4, -0.2) is 48.6 Å². The van der Waals surface area contributed by atoms with Gasteiger partial charge in [-0.2, -0.15) is 0 Å². The molecule has 1 spiro atoms. The highest BCUT2D eigenvalue weighted by atomic mass is 16.6. The molecule has 5 aliphatic rings. The lowest BCUT2D eigenvalue weighted by molar-refractivity contribution is -0.222. The lowest BCUT2D eigenvalue weighted by Gasteiger charge is -2.65. The summed E-state index contributed by atoms with van der Waals surface area (Å²) in [7, 11) is 1.35. The first-order valence-corrected chi connectivity index (χ1v) is 15.0. The highest BCUT2D eigenvalue weighted by molar-refractivity contribution is 5.93. The van der Waals surface area contributed by atoms with Crippen LogP contribution in [0.25, 0.3) is 0 Å². The molecule has 0 unspecified atom stereocenters. The Bertz CT molecular complexity index is 1270. The average molecular weight is 571 g/mol. The molecule has 224 valence electrons. The Morgan fingerprint density at radius 2 is 1.88 bits per heavy atom. The normalized spacial score (nSPS) is 44.4. The van der Waals surface area contributed by atoms with Crippen molar-refractivity contribution in [2.75, 3.05) is 7.11 Å². The molecule has 5 fully saturated rings. The summed E-state index contributed by atoms with van der Waals surface area (Å²) in [4.78, 5) is 53.9. The number of ketones is 1. The number of Topliss-reactive ketones (excluding diaryl/α,β-unsaturated/α-hetero) is 1. The zero-order chi connectivity index (χ0) is 29.7. The third kappa shape index (κ3) is 3.63. The van der Waals surface area contributed by atoms with Crippen molar-refractivity contribution in [2.45, 2.75) is 97.6 Å². The third-order valence-electron chi connectivity index (χ3n) is 12.1. The first kappa shape index (κ1) is 28.4. The van der Waals surface area contributed by atoms with Gasteiger partial charge in [-0.15, -0.1) is 0 Å². The molecule has 0 radical (unpaired) electrons. The fourth-order valence-corrected chi connectivity index (χ4v) is 9.71. The maximum atomic E-state index is 14.6. The summed E-state index contributed by atoms with van der Waals surface area (Å²) in [5, 5.41) is 0. The van der Waals surface area contributed by atoms with Crippen molar-refractivity contribution in [1.82, 2.24) is 0 Å². The van der Waals surface area contributed by atoms with Gasteiger partial charge in [-0.05, 0) is 31.2 Å². The topological polar surface area (TPSA) is 122 Å². The molecule has 1 aromatic rings. The molecule has 3 heterocycles. The molecule has 3 aliphatic carbocycles. The largest absolute Gasteiger partial charge is 0.472 e. The molecule has 0 aromatic carbocycles. The summed E-state index contributed by atoms with van der Waals surface area (Å²) in [5.41, 5.74) is -2.07. The third-order valence-corrected chi connectivity index (χ3v) is 12.1. The number of hydrogen-bond acceptors (Lipinski definition) is 9. The quantitative estimate of drug-likeness (QED) is 0.269. The second-order valence-corrected chi connectivity index (χ2v) is 14.2. The lowest BCUT2D eigenvalue weighted by Crippen LogP contribution is -2.72. The van der Waals surface area contributed by atoms with Crippen molar-refractivity contribution in [1.29, 1.82) is 0 Å². The fourth-order valence-electron chi connectivity index (χ4n) is 9.71. The molecule has 9 nitrogen and oxygen atoms in total. The number of carbonyl (C=O) groups is 4. The van der Waals surface area contributed by atoms with Gasteiger partial charge in [0.25, 0.3) is 0 Å². The van der Waals surface area contributed by atoms with Gasteiger partial charge in [0.05, 0.1) is 37.9 Å². The van der Waals surface area contributed by atoms with E-state index >= 15 is 0 Å². The summed E-state index contributed by atoms with van der Waals surface area (Å²) in [5.74, 6) is -2.99. The van der Waals surface area contributed by atoms with Crippen LogP contribution in [0.5, 0.6) is 0 Å². The van der Waals surface area contributed by atoms with Crippen molar-refractivity contribution >= 4 is 23.7 Å². The zero-order valence-electron chi connectivity index (χ0n) is 25.1. The van der Waals surface area contributed by atoms with Gasteiger partial charge in [-0.1, -0.05) is 41.5 Å². The van der Waals surface area contributed by atoms with Gasteiger partial charge in [0.15, 0.2) is 0 Å². The highest BCUT2D eigenvalue weighted by Gasteiger charge is 2.86. The molecular formula is C32H42O9. The predicted octanol–water partition coefficient (Wildman–Crippen LogP) is 4.82. The van der Waals surface area contributed by atoms with Gasteiger partial charge in [0.1, 0.15) is 29.7 Å². The summed E-state index contributed by atoms with van der Waals surface area (Å²) in [6.45, 7) is 11.9. The van der Waals surface area contributed by atoms with E-state index in [9.17, 15) is 19.2 Å². The molecule has 11 atom stereocenters. The van der Waals surface area contributed by atoms with Crippen LogP contribution in [0.15, 0.2) is 23.0 Å². The minimum atomic E-state index is -0.942. The van der Waals surface area contributed by atoms with E-state index in [0.29, 0.717) is 19.3 Å². The van der Waals surface area contributed by atoms with Crippen LogP contribution in [0.1, 0.15) is 85.3 Å². The summed E-state index contributed by atoms with van der Waals surface area (Å²) >= 11 is 0. The second-order valence-electron chi connectivity index (χ2n) is 14.2. The van der Waals surface area contributed by atoms with E-state index < -0.39 is 58.0 Å². The maximum absolute atomic E-state index is 14.6. The van der Waals surface area contributed by atoms with Gasteiger partial charge in [0, 0.05) is 40.1 Å². The first-order chi connectivity index (χ1) is 19.3. The molecular weight excluding hydrogens is 528 g/mol. The summed E-state index contributed by atoms with van der Waals surface area (Å²) in [6, 6.07) is 1.83. The molecule has 1 aromatic heterocycles. The molecule has 2 aliphatic heterocycles. The number of furan rings is 1. The van der Waals surface area contributed by atoms with Crippen LogP contribution in [0.2, 0.25) is 0 Å². The number of hydrogen-bond donors (Lipinski definition) is 0. The smallest absolute Gasteiger partial charge is 0.308 e. The molecule has 9 heteroatoms. The van der Waals surface area contributed by atoms with E-state index in [4.69, 9.17) is 23.4 Å².